The fourth-order valence-electron chi connectivity index (χ4n) is 2.83. The van der Waals surface area contributed by atoms with Gasteiger partial charge in [-0.25, -0.2) is 4.79 Å². The summed E-state index contributed by atoms with van der Waals surface area (Å²) in [5.41, 5.74) is 2.46. The van der Waals surface area contributed by atoms with Crippen LogP contribution in [0.25, 0.3) is 10.9 Å². The van der Waals surface area contributed by atoms with Gasteiger partial charge in [0.2, 0.25) is 0 Å². The van der Waals surface area contributed by atoms with Crippen molar-refractivity contribution in [2.45, 2.75) is 19.8 Å². The molecule has 0 spiro atoms. The third-order valence-electron chi connectivity index (χ3n) is 4.35. The predicted octanol–water partition coefficient (Wildman–Crippen LogP) is 5.81. The quantitative estimate of drug-likeness (QED) is 0.200. The molecule has 0 saturated heterocycles. The lowest BCUT2D eigenvalue weighted by molar-refractivity contribution is -0.150. The Kier molecular flexibility index (Phi) is 7.38. The first-order valence-corrected chi connectivity index (χ1v) is 10.9. The van der Waals surface area contributed by atoms with Gasteiger partial charge in [0.1, 0.15) is 5.75 Å². The second kappa shape index (κ2) is 9.99. The fraction of sp³-hybridized carbons (Fsp3) is 0.238. The summed E-state index contributed by atoms with van der Waals surface area (Å²) in [4.78, 5) is 26.3. The minimum atomic E-state index is -0.967. The van der Waals surface area contributed by atoms with E-state index in [2.05, 4.69) is 59.1 Å². The summed E-state index contributed by atoms with van der Waals surface area (Å²) in [6, 6.07) is 9.09. The van der Waals surface area contributed by atoms with E-state index in [9.17, 15) is 9.59 Å². The molecule has 0 atom stereocenters. The monoisotopic (exact) mass is 537 g/mol. The van der Waals surface area contributed by atoms with Crippen molar-refractivity contribution in [3.63, 3.8) is 0 Å². The summed E-state index contributed by atoms with van der Waals surface area (Å²) in [7, 11) is 1.15. The third kappa shape index (κ3) is 5.14. The first-order chi connectivity index (χ1) is 14.4. The van der Waals surface area contributed by atoms with Crippen molar-refractivity contribution in [2.75, 3.05) is 24.3 Å². The van der Waals surface area contributed by atoms with Crippen molar-refractivity contribution in [3.8, 4) is 11.5 Å². The Morgan fingerprint density at radius 1 is 1.13 bits per heavy atom. The number of anilines is 2. The number of H-pyrrole nitrogens is 1. The topological polar surface area (TPSA) is 92.5 Å². The summed E-state index contributed by atoms with van der Waals surface area (Å²) in [6.07, 6.45) is 4.18. The minimum absolute atomic E-state index is 0.417. The largest absolute Gasteiger partial charge is 0.462 e. The molecule has 3 N–H and O–H groups in total. The maximum Gasteiger partial charge on any atom is 0.396 e. The fourth-order valence-corrected chi connectivity index (χ4v) is 4.18. The number of ether oxygens (including phenoxy) is 2. The molecule has 0 aliphatic heterocycles. The maximum absolute atomic E-state index is 11.7. The molecule has 158 valence electrons. The van der Waals surface area contributed by atoms with Crippen LogP contribution >= 0.6 is 31.9 Å². The number of fused-ring (bicyclic) bond motifs is 1. The van der Waals surface area contributed by atoms with Crippen LogP contribution in [-0.4, -0.2) is 30.5 Å². The molecule has 0 aliphatic rings. The molecule has 0 unspecified atom stereocenters. The number of unbranched alkanes of at least 4 members (excludes halogenated alkanes) is 1. The normalized spacial score (nSPS) is 10.7. The Balaban J connectivity index is 1.81. The molecule has 0 fully saturated rings. The van der Waals surface area contributed by atoms with E-state index in [1.165, 1.54) is 0 Å². The van der Waals surface area contributed by atoms with E-state index in [4.69, 9.17) is 4.74 Å². The first-order valence-electron chi connectivity index (χ1n) is 9.34. The first kappa shape index (κ1) is 22.2. The summed E-state index contributed by atoms with van der Waals surface area (Å²) in [6.45, 7) is 3.06. The van der Waals surface area contributed by atoms with E-state index in [1.54, 1.807) is 12.1 Å². The molecule has 9 heteroatoms. The number of carbonyl (C=O) groups excluding carboxylic acids is 2. The zero-order valence-electron chi connectivity index (χ0n) is 16.5. The lowest BCUT2D eigenvalue weighted by Gasteiger charge is -2.13. The molecule has 0 aliphatic carbocycles. The number of carbonyl (C=O) groups is 2. The van der Waals surface area contributed by atoms with Gasteiger partial charge in [-0.15, -0.1) is 0 Å². The number of amides is 1. The molecule has 30 heavy (non-hydrogen) atoms. The van der Waals surface area contributed by atoms with Crippen molar-refractivity contribution in [1.82, 2.24) is 4.98 Å². The van der Waals surface area contributed by atoms with Gasteiger partial charge in [-0.2, -0.15) is 0 Å². The van der Waals surface area contributed by atoms with Crippen LogP contribution in [0.2, 0.25) is 0 Å². The molecular formula is C21H21Br2N3O4. The Labute approximate surface area is 190 Å². The van der Waals surface area contributed by atoms with Crippen LogP contribution in [0.4, 0.5) is 11.4 Å². The van der Waals surface area contributed by atoms with Gasteiger partial charge in [0.25, 0.3) is 0 Å². The average Bonchev–Trinajstić information content (AvgIpc) is 3.12. The number of aromatic nitrogens is 1. The SMILES string of the molecule is CCCCNc1c[nH]c2ccc(Oc3c(Br)cc(NC(=O)C(=O)OC)cc3Br)cc12. The highest BCUT2D eigenvalue weighted by atomic mass is 79.9. The van der Waals surface area contributed by atoms with E-state index in [0.29, 0.717) is 26.1 Å². The number of nitrogens with one attached hydrogen (secondary N) is 3. The van der Waals surface area contributed by atoms with Crippen LogP contribution in [0.3, 0.4) is 0 Å². The van der Waals surface area contributed by atoms with Gasteiger partial charge in [-0.05, 0) is 68.6 Å². The average molecular weight is 539 g/mol. The Hall–Kier alpha value is -2.52. The number of hydrogen-bond acceptors (Lipinski definition) is 5. The van der Waals surface area contributed by atoms with E-state index >= 15 is 0 Å². The second-order valence-corrected chi connectivity index (χ2v) is 8.22. The van der Waals surface area contributed by atoms with Gasteiger partial charge >= 0.3 is 11.9 Å². The second-order valence-electron chi connectivity index (χ2n) is 6.51. The molecule has 0 radical (unpaired) electrons. The van der Waals surface area contributed by atoms with Gasteiger partial charge < -0.3 is 25.1 Å². The Morgan fingerprint density at radius 3 is 2.53 bits per heavy atom. The molecule has 0 bridgehead atoms. The molecular weight excluding hydrogens is 518 g/mol. The number of aromatic amines is 1. The van der Waals surface area contributed by atoms with E-state index in [1.807, 2.05) is 24.4 Å². The standard InChI is InChI=1S/C21H21Br2N3O4/c1-3-4-7-24-18-11-25-17-6-5-13(10-14(17)18)30-19-15(22)8-12(9-16(19)23)26-20(27)21(28)29-2/h5-6,8-11,24-25H,3-4,7H2,1-2H3,(H,26,27). The lowest BCUT2D eigenvalue weighted by atomic mass is 10.2. The summed E-state index contributed by atoms with van der Waals surface area (Å²) in [5.74, 6) is -0.619. The summed E-state index contributed by atoms with van der Waals surface area (Å²) >= 11 is 6.91. The van der Waals surface area contributed by atoms with Gasteiger partial charge in [0, 0.05) is 29.3 Å². The van der Waals surface area contributed by atoms with Gasteiger partial charge in [-0.1, -0.05) is 13.3 Å². The van der Waals surface area contributed by atoms with Crippen LogP contribution in [0.15, 0.2) is 45.5 Å². The van der Waals surface area contributed by atoms with Crippen molar-refractivity contribution in [2.24, 2.45) is 0 Å². The van der Waals surface area contributed by atoms with Crippen molar-refractivity contribution >= 4 is 66.0 Å². The molecule has 1 aromatic heterocycles. The van der Waals surface area contributed by atoms with E-state index in [-0.39, 0.29) is 0 Å². The number of hydrogen-bond donors (Lipinski definition) is 3. The minimum Gasteiger partial charge on any atom is -0.462 e. The molecule has 1 heterocycles. The summed E-state index contributed by atoms with van der Waals surface area (Å²) in [5, 5.41) is 6.95. The van der Waals surface area contributed by atoms with Gasteiger partial charge in [0.05, 0.1) is 21.7 Å². The zero-order chi connectivity index (χ0) is 21.7. The Bertz CT molecular complexity index is 1060. The number of rotatable bonds is 7. The van der Waals surface area contributed by atoms with Crippen LogP contribution in [-0.2, 0) is 14.3 Å². The molecule has 1 amide bonds. The number of halogens is 2. The van der Waals surface area contributed by atoms with Crippen LogP contribution in [0.5, 0.6) is 11.5 Å². The number of benzene rings is 2. The molecule has 3 rings (SSSR count). The van der Waals surface area contributed by atoms with Crippen LogP contribution < -0.4 is 15.4 Å². The van der Waals surface area contributed by atoms with Crippen molar-refractivity contribution in [1.29, 1.82) is 0 Å². The van der Waals surface area contributed by atoms with E-state index < -0.39 is 11.9 Å². The lowest BCUT2D eigenvalue weighted by Crippen LogP contribution is -2.23. The van der Waals surface area contributed by atoms with E-state index in [0.717, 1.165) is 43.1 Å². The van der Waals surface area contributed by atoms with Gasteiger partial charge in [-0.3, -0.25) is 4.79 Å². The van der Waals surface area contributed by atoms with Crippen molar-refractivity contribution < 1.29 is 19.1 Å². The van der Waals surface area contributed by atoms with Crippen LogP contribution in [0, 0.1) is 0 Å². The maximum atomic E-state index is 11.7. The summed E-state index contributed by atoms with van der Waals surface area (Å²) < 4.78 is 11.7. The molecule has 0 saturated carbocycles. The smallest absolute Gasteiger partial charge is 0.396 e. The third-order valence-corrected chi connectivity index (χ3v) is 5.52. The predicted molar refractivity (Wildman–Crippen MR) is 124 cm³/mol. The highest BCUT2D eigenvalue weighted by Gasteiger charge is 2.17. The molecule has 2 aromatic carbocycles. The van der Waals surface area contributed by atoms with Crippen molar-refractivity contribution in [3.05, 3.63) is 45.5 Å². The Morgan fingerprint density at radius 2 is 1.87 bits per heavy atom. The highest BCUT2D eigenvalue weighted by molar-refractivity contribution is 9.11. The highest BCUT2D eigenvalue weighted by Crippen LogP contribution is 2.40. The zero-order valence-corrected chi connectivity index (χ0v) is 19.6. The molecule has 7 nitrogen and oxygen atoms in total. The number of methoxy groups -OCH3 is 1. The van der Waals surface area contributed by atoms with Crippen LogP contribution in [0.1, 0.15) is 19.8 Å². The number of esters is 1. The van der Waals surface area contributed by atoms with Gasteiger partial charge in [0.15, 0.2) is 5.75 Å². The molecule has 3 aromatic rings.